The first kappa shape index (κ1) is 9.23. The highest BCUT2D eigenvalue weighted by Gasteiger charge is 2.51. The van der Waals surface area contributed by atoms with E-state index in [2.05, 4.69) is 19.6 Å². The van der Waals surface area contributed by atoms with Crippen LogP contribution in [0.4, 0.5) is 0 Å². The Balaban J connectivity index is 2.37. The SMILES string of the molecule is CC[C@H](O)C1OC1[Si](C)(C)C. The predicted molar refractivity (Wildman–Crippen MR) is 48.3 cm³/mol. The summed E-state index contributed by atoms with van der Waals surface area (Å²) in [5, 5.41) is 9.43. The second kappa shape index (κ2) is 2.88. The Morgan fingerprint density at radius 2 is 2.00 bits per heavy atom. The van der Waals surface area contributed by atoms with E-state index in [4.69, 9.17) is 4.74 Å². The van der Waals surface area contributed by atoms with E-state index in [0.717, 1.165) is 6.42 Å². The fourth-order valence-electron chi connectivity index (χ4n) is 1.35. The van der Waals surface area contributed by atoms with E-state index in [1.807, 2.05) is 6.92 Å². The van der Waals surface area contributed by atoms with Crippen molar-refractivity contribution in [2.45, 2.75) is 50.9 Å². The number of epoxide rings is 1. The zero-order valence-corrected chi connectivity index (χ0v) is 8.79. The van der Waals surface area contributed by atoms with Crippen LogP contribution in [0.2, 0.25) is 19.6 Å². The highest BCUT2D eigenvalue weighted by atomic mass is 28.3. The van der Waals surface area contributed by atoms with Gasteiger partial charge in [-0.1, -0.05) is 26.6 Å². The van der Waals surface area contributed by atoms with Crippen LogP contribution in [0.25, 0.3) is 0 Å². The van der Waals surface area contributed by atoms with Crippen LogP contribution >= 0.6 is 0 Å². The molecule has 1 fully saturated rings. The van der Waals surface area contributed by atoms with E-state index >= 15 is 0 Å². The first-order valence-corrected chi connectivity index (χ1v) is 7.88. The minimum Gasteiger partial charge on any atom is -0.390 e. The molecule has 3 heteroatoms. The van der Waals surface area contributed by atoms with E-state index in [0.29, 0.717) is 5.73 Å². The molecule has 0 spiro atoms. The number of aliphatic hydroxyl groups is 1. The van der Waals surface area contributed by atoms with Crippen molar-refractivity contribution in [3.05, 3.63) is 0 Å². The van der Waals surface area contributed by atoms with Crippen molar-refractivity contribution in [2.75, 3.05) is 0 Å². The smallest absolute Gasteiger partial charge is 0.107 e. The van der Waals surface area contributed by atoms with Crippen molar-refractivity contribution in [3.8, 4) is 0 Å². The second-order valence-corrected chi connectivity index (χ2v) is 9.66. The van der Waals surface area contributed by atoms with E-state index < -0.39 is 8.07 Å². The Morgan fingerprint density at radius 3 is 2.27 bits per heavy atom. The Kier molecular flexibility index (Phi) is 2.42. The van der Waals surface area contributed by atoms with Gasteiger partial charge in [0, 0.05) is 0 Å². The van der Waals surface area contributed by atoms with Gasteiger partial charge in [0.15, 0.2) is 0 Å². The van der Waals surface area contributed by atoms with Gasteiger partial charge < -0.3 is 9.84 Å². The first-order chi connectivity index (χ1) is 4.96. The minimum absolute atomic E-state index is 0.159. The lowest BCUT2D eigenvalue weighted by molar-refractivity contribution is 0.131. The van der Waals surface area contributed by atoms with Crippen molar-refractivity contribution in [2.24, 2.45) is 0 Å². The van der Waals surface area contributed by atoms with E-state index in [1.54, 1.807) is 0 Å². The molecule has 2 nitrogen and oxygen atoms in total. The molecule has 11 heavy (non-hydrogen) atoms. The molecule has 0 aliphatic carbocycles. The summed E-state index contributed by atoms with van der Waals surface area (Å²) >= 11 is 0. The molecule has 0 aromatic carbocycles. The molecular formula is C8H18O2Si. The maximum Gasteiger partial charge on any atom is 0.107 e. The van der Waals surface area contributed by atoms with Gasteiger partial charge in [0.25, 0.3) is 0 Å². The molecule has 1 aliphatic rings. The third-order valence-corrected chi connectivity index (χ3v) is 4.35. The summed E-state index contributed by atoms with van der Waals surface area (Å²) in [6, 6.07) is 0. The van der Waals surface area contributed by atoms with Gasteiger partial charge in [-0.2, -0.15) is 0 Å². The summed E-state index contributed by atoms with van der Waals surface area (Å²) < 4.78 is 5.45. The van der Waals surface area contributed by atoms with Gasteiger partial charge in [0.2, 0.25) is 0 Å². The van der Waals surface area contributed by atoms with Crippen LogP contribution in [0.5, 0.6) is 0 Å². The van der Waals surface area contributed by atoms with Crippen LogP contribution in [0, 0.1) is 0 Å². The maximum absolute atomic E-state index is 9.43. The number of hydrogen-bond acceptors (Lipinski definition) is 2. The normalized spacial score (nSPS) is 33.5. The largest absolute Gasteiger partial charge is 0.390 e. The molecule has 1 N–H and O–H groups in total. The maximum atomic E-state index is 9.43. The standard InChI is InChI=1S/C8H18O2Si/c1-5-6(9)7-8(10-7)11(2,3)4/h6-9H,5H2,1-4H3/t6-,7?,8?/m0/s1. The van der Waals surface area contributed by atoms with E-state index in [-0.39, 0.29) is 12.2 Å². The lowest BCUT2D eigenvalue weighted by Crippen LogP contribution is -2.33. The summed E-state index contributed by atoms with van der Waals surface area (Å²) in [5.74, 6) is 0. The number of ether oxygens (including phenoxy) is 1. The fourth-order valence-corrected chi connectivity index (χ4v) is 3.12. The third kappa shape index (κ3) is 2.04. The van der Waals surface area contributed by atoms with Gasteiger partial charge in [-0.25, -0.2) is 0 Å². The van der Waals surface area contributed by atoms with Crippen molar-refractivity contribution in [3.63, 3.8) is 0 Å². The van der Waals surface area contributed by atoms with Gasteiger partial charge >= 0.3 is 0 Å². The average Bonchev–Trinajstić information content (AvgIpc) is 2.62. The second-order valence-electron chi connectivity index (χ2n) is 4.36. The summed E-state index contributed by atoms with van der Waals surface area (Å²) in [6.07, 6.45) is 0.740. The predicted octanol–water partition coefficient (Wildman–Crippen LogP) is 1.40. The number of hydrogen-bond donors (Lipinski definition) is 1. The minimum atomic E-state index is -1.15. The summed E-state index contributed by atoms with van der Waals surface area (Å²) in [4.78, 5) is 0. The molecule has 0 aromatic heterocycles. The van der Waals surface area contributed by atoms with Crippen LogP contribution in [0.1, 0.15) is 13.3 Å². The molecule has 66 valence electrons. The molecule has 2 unspecified atom stereocenters. The van der Waals surface area contributed by atoms with Gasteiger partial charge in [-0.3, -0.25) is 0 Å². The van der Waals surface area contributed by atoms with E-state index in [1.165, 1.54) is 0 Å². The zero-order valence-electron chi connectivity index (χ0n) is 7.79. The van der Waals surface area contributed by atoms with Gasteiger partial charge in [-0.15, -0.1) is 0 Å². The Bertz CT molecular complexity index is 142. The molecule has 0 bridgehead atoms. The highest BCUT2D eigenvalue weighted by molar-refractivity contribution is 6.78. The molecule has 0 saturated carbocycles. The van der Waals surface area contributed by atoms with Gasteiger partial charge in [0.1, 0.15) is 6.10 Å². The van der Waals surface area contributed by atoms with Crippen molar-refractivity contribution in [1.82, 2.24) is 0 Å². The third-order valence-electron chi connectivity index (χ3n) is 2.18. The molecule has 1 saturated heterocycles. The number of aliphatic hydroxyl groups excluding tert-OH is 1. The van der Waals surface area contributed by atoms with Crippen LogP contribution in [-0.2, 0) is 4.74 Å². The first-order valence-electron chi connectivity index (χ1n) is 4.30. The quantitative estimate of drug-likeness (QED) is 0.518. The zero-order chi connectivity index (χ0) is 8.65. The molecule has 1 aliphatic heterocycles. The molecule has 1 heterocycles. The molecular weight excluding hydrogens is 156 g/mol. The van der Waals surface area contributed by atoms with Crippen molar-refractivity contribution in [1.29, 1.82) is 0 Å². The molecule has 3 atom stereocenters. The Labute approximate surface area is 69.6 Å². The molecule has 0 aromatic rings. The Morgan fingerprint density at radius 1 is 1.45 bits per heavy atom. The lowest BCUT2D eigenvalue weighted by atomic mass is 10.2. The molecule has 1 rings (SSSR count). The highest BCUT2D eigenvalue weighted by Crippen LogP contribution is 2.34. The van der Waals surface area contributed by atoms with Crippen molar-refractivity contribution >= 4 is 8.07 Å². The topological polar surface area (TPSA) is 32.8 Å². The molecule has 0 radical (unpaired) electrons. The fraction of sp³-hybridized carbons (Fsp3) is 1.00. The van der Waals surface area contributed by atoms with Crippen LogP contribution in [-0.4, -0.2) is 31.1 Å². The van der Waals surface area contributed by atoms with Gasteiger partial charge in [-0.05, 0) is 6.42 Å². The summed E-state index contributed by atoms with van der Waals surface area (Å²) in [5.41, 5.74) is 0.400. The molecule has 0 amide bonds. The van der Waals surface area contributed by atoms with Crippen molar-refractivity contribution < 1.29 is 9.84 Å². The summed E-state index contributed by atoms with van der Waals surface area (Å²) in [6.45, 7) is 8.83. The van der Waals surface area contributed by atoms with Gasteiger partial charge in [0.05, 0.1) is 19.9 Å². The van der Waals surface area contributed by atoms with Crippen LogP contribution in [0.3, 0.4) is 0 Å². The average molecular weight is 174 g/mol. The number of rotatable bonds is 3. The van der Waals surface area contributed by atoms with Crippen LogP contribution in [0.15, 0.2) is 0 Å². The van der Waals surface area contributed by atoms with E-state index in [9.17, 15) is 5.11 Å². The van der Waals surface area contributed by atoms with Crippen LogP contribution < -0.4 is 0 Å². The lowest BCUT2D eigenvalue weighted by Gasteiger charge is -2.12. The monoisotopic (exact) mass is 174 g/mol. The Hall–Kier alpha value is 0.137. The summed E-state index contributed by atoms with van der Waals surface area (Å²) in [7, 11) is -1.15.